The number of carboxylic acid groups (broad SMARTS) is 1. The molecule has 0 radical (unpaired) electrons. The van der Waals surface area contributed by atoms with Gasteiger partial charge in [-0.25, -0.2) is 9.67 Å². The summed E-state index contributed by atoms with van der Waals surface area (Å²) in [6.45, 7) is 5.58. The smallest absolute Gasteiger partial charge is 0.325 e. The fourth-order valence-electron chi connectivity index (χ4n) is 1.97. The number of nitrogens with zero attached hydrogens (tertiary/aromatic N) is 3. The first-order valence-electron chi connectivity index (χ1n) is 5.02. The Hall–Kier alpha value is -1.91. The van der Waals surface area contributed by atoms with Crippen LogP contribution in [0.1, 0.15) is 17.0 Å². The number of hydrogen-bond acceptors (Lipinski definition) is 3. The summed E-state index contributed by atoms with van der Waals surface area (Å²) in [5.74, 6) is -0.912. The molecule has 0 saturated carbocycles. The molecule has 0 fully saturated rings. The van der Waals surface area contributed by atoms with Gasteiger partial charge in [0.15, 0.2) is 5.65 Å². The minimum Gasteiger partial charge on any atom is -0.480 e. The lowest BCUT2D eigenvalue weighted by Crippen LogP contribution is -2.10. The molecule has 0 bridgehead atoms. The Morgan fingerprint density at radius 1 is 1.44 bits per heavy atom. The quantitative estimate of drug-likeness (QED) is 0.829. The summed E-state index contributed by atoms with van der Waals surface area (Å²) in [5.41, 5.74) is 3.42. The molecule has 2 aromatic rings. The van der Waals surface area contributed by atoms with Gasteiger partial charge in [-0.3, -0.25) is 4.79 Å². The van der Waals surface area contributed by atoms with Gasteiger partial charge >= 0.3 is 5.97 Å². The molecule has 0 aliphatic heterocycles. The first-order chi connectivity index (χ1) is 7.49. The van der Waals surface area contributed by atoms with Gasteiger partial charge in [0.1, 0.15) is 6.54 Å². The highest BCUT2D eigenvalue weighted by atomic mass is 16.4. The van der Waals surface area contributed by atoms with Crippen molar-refractivity contribution in [3.63, 3.8) is 0 Å². The van der Waals surface area contributed by atoms with E-state index in [1.807, 2.05) is 26.8 Å². The molecule has 0 saturated heterocycles. The van der Waals surface area contributed by atoms with Crippen LogP contribution in [-0.4, -0.2) is 25.8 Å². The maximum absolute atomic E-state index is 10.7. The van der Waals surface area contributed by atoms with Crippen molar-refractivity contribution in [2.45, 2.75) is 27.3 Å². The minimum absolute atomic E-state index is 0.153. The summed E-state index contributed by atoms with van der Waals surface area (Å²) in [6, 6.07) is 1.97. The molecule has 0 unspecified atom stereocenters. The predicted molar refractivity (Wildman–Crippen MR) is 59.4 cm³/mol. The lowest BCUT2D eigenvalue weighted by Gasteiger charge is -2.01. The third-order valence-corrected chi connectivity index (χ3v) is 2.49. The van der Waals surface area contributed by atoms with Gasteiger partial charge in [0.2, 0.25) is 0 Å². The van der Waals surface area contributed by atoms with Crippen molar-refractivity contribution in [3.8, 4) is 0 Å². The number of fused-ring (bicyclic) bond motifs is 1. The van der Waals surface area contributed by atoms with Gasteiger partial charge in [-0.15, -0.1) is 0 Å². The monoisotopic (exact) mass is 219 g/mol. The highest BCUT2D eigenvalue weighted by Gasteiger charge is 2.13. The molecule has 2 aromatic heterocycles. The van der Waals surface area contributed by atoms with Crippen molar-refractivity contribution in [2.75, 3.05) is 0 Å². The number of aromatic nitrogens is 3. The summed E-state index contributed by atoms with van der Waals surface area (Å²) >= 11 is 0. The van der Waals surface area contributed by atoms with Gasteiger partial charge < -0.3 is 5.11 Å². The van der Waals surface area contributed by atoms with Crippen molar-refractivity contribution in [2.24, 2.45) is 0 Å². The average molecular weight is 219 g/mol. The molecule has 0 aliphatic carbocycles. The SMILES string of the molecule is Cc1cc(C)c2c(C)nn(CC(=O)O)c2n1. The summed E-state index contributed by atoms with van der Waals surface area (Å²) in [5, 5.41) is 13.9. The fraction of sp³-hybridized carbons (Fsp3) is 0.364. The van der Waals surface area contributed by atoms with Gasteiger partial charge in [0.05, 0.1) is 5.69 Å². The van der Waals surface area contributed by atoms with E-state index in [0.717, 1.165) is 22.3 Å². The maximum Gasteiger partial charge on any atom is 0.325 e. The molecular weight excluding hydrogens is 206 g/mol. The van der Waals surface area contributed by atoms with E-state index in [2.05, 4.69) is 10.1 Å². The summed E-state index contributed by atoms with van der Waals surface area (Å²) < 4.78 is 1.44. The number of carbonyl (C=O) groups is 1. The minimum atomic E-state index is -0.912. The molecule has 5 heteroatoms. The zero-order valence-electron chi connectivity index (χ0n) is 9.48. The van der Waals surface area contributed by atoms with Gasteiger partial charge in [0, 0.05) is 11.1 Å². The number of carboxylic acids is 1. The molecule has 16 heavy (non-hydrogen) atoms. The molecule has 0 aromatic carbocycles. The van der Waals surface area contributed by atoms with Gasteiger partial charge in [0.25, 0.3) is 0 Å². The second-order valence-electron chi connectivity index (χ2n) is 3.92. The molecule has 0 aliphatic rings. The molecule has 2 heterocycles. The van der Waals surface area contributed by atoms with E-state index >= 15 is 0 Å². The standard InChI is InChI=1S/C11H13N3O2/c1-6-4-7(2)12-11-10(6)8(3)13-14(11)5-9(15)16/h4H,5H2,1-3H3,(H,15,16). The third-order valence-electron chi connectivity index (χ3n) is 2.49. The second kappa shape index (κ2) is 3.59. The van der Waals surface area contributed by atoms with Crippen LogP contribution < -0.4 is 0 Å². The summed E-state index contributed by atoms with van der Waals surface area (Å²) in [7, 11) is 0. The predicted octanol–water partition coefficient (Wildman–Crippen LogP) is 1.44. The summed E-state index contributed by atoms with van der Waals surface area (Å²) in [4.78, 5) is 15.1. The van der Waals surface area contributed by atoms with E-state index in [1.54, 1.807) is 0 Å². The fourth-order valence-corrected chi connectivity index (χ4v) is 1.97. The Morgan fingerprint density at radius 2 is 2.12 bits per heavy atom. The van der Waals surface area contributed by atoms with Crippen LogP contribution in [-0.2, 0) is 11.3 Å². The molecular formula is C11H13N3O2. The van der Waals surface area contributed by atoms with E-state index in [0.29, 0.717) is 5.65 Å². The molecule has 84 valence electrons. The van der Waals surface area contributed by atoms with Crippen molar-refractivity contribution in [3.05, 3.63) is 23.0 Å². The molecule has 0 spiro atoms. The first-order valence-corrected chi connectivity index (χ1v) is 5.02. The molecule has 2 rings (SSSR count). The number of aliphatic carboxylic acids is 1. The van der Waals surface area contributed by atoms with E-state index < -0.39 is 5.97 Å². The highest BCUT2D eigenvalue weighted by molar-refractivity contribution is 5.83. The molecule has 0 atom stereocenters. The van der Waals surface area contributed by atoms with Crippen LogP contribution in [0.5, 0.6) is 0 Å². The van der Waals surface area contributed by atoms with Crippen molar-refractivity contribution in [1.82, 2.24) is 14.8 Å². The Balaban J connectivity index is 2.72. The second-order valence-corrected chi connectivity index (χ2v) is 3.92. The molecule has 5 nitrogen and oxygen atoms in total. The Bertz CT molecular complexity index is 572. The first kappa shape index (κ1) is 10.6. The lowest BCUT2D eigenvalue weighted by molar-refractivity contribution is -0.137. The largest absolute Gasteiger partial charge is 0.480 e. The zero-order chi connectivity index (χ0) is 11.9. The third kappa shape index (κ3) is 1.64. The van der Waals surface area contributed by atoms with Gasteiger partial charge in [-0.2, -0.15) is 5.10 Å². The number of aryl methyl sites for hydroxylation is 3. The van der Waals surface area contributed by atoms with E-state index in [4.69, 9.17) is 5.11 Å². The Morgan fingerprint density at radius 3 is 2.75 bits per heavy atom. The molecule has 0 amide bonds. The Labute approximate surface area is 92.7 Å². The number of rotatable bonds is 2. The van der Waals surface area contributed by atoms with Crippen LogP contribution in [0.4, 0.5) is 0 Å². The van der Waals surface area contributed by atoms with Crippen LogP contribution in [0.25, 0.3) is 11.0 Å². The summed E-state index contributed by atoms with van der Waals surface area (Å²) in [6.07, 6.45) is 0. The van der Waals surface area contributed by atoms with E-state index in [-0.39, 0.29) is 6.54 Å². The van der Waals surface area contributed by atoms with E-state index in [1.165, 1.54) is 4.68 Å². The van der Waals surface area contributed by atoms with Crippen LogP contribution >= 0.6 is 0 Å². The number of pyridine rings is 1. The normalized spacial score (nSPS) is 10.9. The van der Waals surface area contributed by atoms with Crippen molar-refractivity contribution < 1.29 is 9.90 Å². The molecule has 1 N–H and O–H groups in total. The average Bonchev–Trinajstić information content (AvgIpc) is 2.41. The van der Waals surface area contributed by atoms with Crippen molar-refractivity contribution >= 4 is 17.0 Å². The topological polar surface area (TPSA) is 68.0 Å². The maximum atomic E-state index is 10.7. The lowest BCUT2D eigenvalue weighted by atomic mass is 10.1. The van der Waals surface area contributed by atoms with Crippen LogP contribution in [0.15, 0.2) is 6.07 Å². The van der Waals surface area contributed by atoms with Gasteiger partial charge in [-0.1, -0.05) is 0 Å². The number of hydrogen-bond donors (Lipinski definition) is 1. The zero-order valence-corrected chi connectivity index (χ0v) is 9.48. The van der Waals surface area contributed by atoms with Crippen LogP contribution in [0, 0.1) is 20.8 Å². The van der Waals surface area contributed by atoms with Gasteiger partial charge in [-0.05, 0) is 32.4 Å². The van der Waals surface area contributed by atoms with E-state index in [9.17, 15) is 4.79 Å². The van der Waals surface area contributed by atoms with Crippen molar-refractivity contribution in [1.29, 1.82) is 0 Å². The van der Waals surface area contributed by atoms with Crippen LogP contribution in [0.3, 0.4) is 0 Å². The van der Waals surface area contributed by atoms with Crippen LogP contribution in [0.2, 0.25) is 0 Å². The highest BCUT2D eigenvalue weighted by Crippen LogP contribution is 2.21. The Kier molecular flexibility index (Phi) is 2.38.